The molecule has 0 amide bonds. The van der Waals surface area contributed by atoms with Gasteiger partial charge in [0.05, 0.1) is 13.7 Å². The van der Waals surface area contributed by atoms with Crippen molar-refractivity contribution in [1.82, 2.24) is 0 Å². The Morgan fingerprint density at radius 1 is 1.00 bits per heavy atom. The number of hydrogen-bond donors (Lipinski definition) is 0. The van der Waals surface area contributed by atoms with Gasteiger partial charge in [0.15, 0.2) is 0 Å². The van der Waals surface area contributed by atoms with E-state index in [1.807, 2.05) is 42.3 Å². The van der Waals surface area contributed by atoms with E-state index in [2.05, 4.69) is 0 Å². The van der Waals surface area contributed by atoms with Crippen molar-refractivity contribution in [3.05, 3.63) is 54.6 Å². The Bertz CT molecular complexity index is 583. The maximum absolute atomic E-state index is 11.6. The van der Waals surface area contributed by atoms with Gasteiger partial charge < -0.3 is 19.1 Å². The zero-order valence-corrected chi connectivity index (χ0v) is 12.7. The van der Waals surface area contributed by atoms with Crippen molar-refractivity contribution >= 4 is 11.8 Å². The quantitative estimate of drug-likeness (QED) is 0.605. The molecule has 0 spiro atoms. The fraction of sp³-hybridized carbons (Fsp3) is 0.235. The Kier molecular flexibility index (Phi) is 5.65. The van der Waals surface area contributed by atoms with Crippen LogP contribution in [-0.2, 0) is 4.74 Å². The van der Waals surface area contributed by atoms with Crippen LogP contribution in [0, 0.1) is 0 Å². The molecule has 0 aliphatic rings. The molecule has 0 atom stereocenters. The third kappa shape index (κ3) is 4.70. The molecule has 22 heavy (non-hydrogen) atoms. The molecule has 5 nitrogen and oxygen atoms in total. The predicted molar refractivity (Wildman–Crippen MR) is 84.7 cm³/mol. The second-order valence-electron chi connectivity index (χ2n) is 4.63. The van der Waals surface area contributed by atoms with Crippen LogP contribution >= 0.6 is 0 Å². The second kappa shape index (κ2) is 7.93. The van der Waals surface area contributed by atoms with Crippen LogP contribution < -0.4 is 14.4 Å². The summed E-state index contributed by atoms with van der Waals surface area (Å²) in [6.45, 7) is 0.835. The molecule has 0 saturated heterocycles. The van der Waals surface area contributed by atoms with Crippen molar-refractivity contribution in [2.75, 3.05) is 32.2 Å². The van der Waals surface area contributed by atoms with E-state index < -0.39 is 6.16 Å². The van der Waals surface area contributed by atoms with Crippen molar-refractivity contribution in [3.8, 4) is 11.5 Å². The van der Waals surface area contributed by atoms with Gasteiger partial charge >= 0.3 is 6.16 Å². The van der Waals surface area contributed by atoms with Crippen LogP contribution in [0.5, 0.6) is 11.5 Å². The van der Waals surface area contributed by atoms with E-state index in [1.54, 1.807) is 31.4 Å². The minimum absolute atomic E-state index is 0.250. The van der Waals surface area contributed by atoms with E-state index in [9.17, 15) is 4.79 Å². The molecule has 0 bridgehead atoms. The molecule has 0 aliphatic carbocycles. The van der Waals surface area contributed by atoms with Crippen molar-refractivity contribution in [1.29, 1.82) is 0 Å². The summed E-state index contributed by atoms with van der Waals surface area (Å²) in [4.78, 5) is 13.6. The number of benzene rings is 2. The van der Waals surface area contributed by atoms with Gasteiger partial charge in [-0.25, -0.2) is 4.79 Å². The second-order valence-corrected chi connectivity index (χ2v) is 4.63. The first-order chi connectivity index (χ1) is 10.7. The number of nitrogens with zero attached hydrogens (tertiary/aromatic N) is 1. The van der Waals surface area contributed by atoms with Crippen LogP contribution in [0.15, 0.2) is 54.6 Å². The number of anilines is 1. The maximum Gasteiger partial charge on any atom is 0.513 e. The van der Waals surface area contributed by atoms with Crippen LogP contribution in [0.4, 0.5) is 10.5 Å². The van der Waals surface area contributed by atoms with Gasteiger partial charge in [-0.3, -0.25) is 0 Å². The predicted octanol–water partition coefficient (Wildman–Crippen LogP) is 3.35. The molecule has 0 saturated carbocycles. The first-order valence-electron chi connectivity index (χ1n) is 6.94. The standard InChI is InChI=1S/C17H19NO4/c1-18(14-6-4-3-5-7-14)12-13-21-17(19)22-16-10-8-15(20-2)9-11-16/h3-11H,12-13H2,1-2H3. The lowest BCUT2D eigenvalue weighted by Crippen LogP contribution is -2.24. The smallest absolute Gasteiger partial charge is 0.497 e. The third-order valence-electron chi connectivity index (χ3n) is 3.10. The first-order valence-corrected chi connectivity index (χ1v) is 6.94. The highest BCUT2D eigenvalue weighted by Gasteiger charge is 2.07. The molecule has 2 rings (SSSR count). The highest BCUT2D eigenvalue weighted by atomic mass is 16.7. The van der Waals surface area contributed by atoms with Crippen molar-refractivity contribution in [2.45, 2.75) is 0 Å². The average Bonchev–Trinajstić information content (AvgIpc) is 2.56. The summed E-state index contributed by atoms with van der Waals surface area (Å²) in [5, 5.41) is 0. The Labute approximate surface area is 130 Å². The van der Waals surface area contributed by atoms with Crippen LogP contribution in [-0.4, -0.2) is 33.5 Å². The number of rotatable bonds is 6. The SMILES string of the molecule is COc1ccc(OC(=O)OCCN(C)c2ccccc2)cc1. The molecule has 5 heteroatoms. The van der Waals surface area contributed by atoms with Gasteiger partial charge in [0.2, 0.25) is 0 Å². The summed E-state index contributed by atoms with van der Waals surface area (Å²) >= 11 is 0. The van der Waals surface area contributed by atoms with Gasteiger partial charge in [-0.05, 0) is 36.4 Å². The van der Waals surface area contributed by atoms with Gasteiger partial charge in [-0.1, -0.05) is 18.2 Å². The molecular weight excluding hydrogens is 282 g/mol. The zero-order valence-electron chi connectivity index (χ0n) is 12.7. The summed E-state index contributed by atoms with van der Waals surface area (Å²) in [6, 6.07) is 16.6. The van der Waals surface area contributed by atoms with Crippen LogP contribution in [0.2, 0.25) is 0 Å². The number of carbonyl (C=O) groups excluding carboxylic acids is 1. The fourth-order valence-electron chi connectivity index (χ4n) is 1.85. The molecule has 0 unspecified atom stereocenters. The van der Waals surface area contributed by atoms with E-state index in [4.69, 9.17) is 14.2 Å². The minimum atomic E-state index is -0.716. The van der Waals surface area contributed by atoms with E-state index in [0.717, 1.165) is 5.69 Å². The lowest BCUT2D eigenvalue weighted by Gasteiger charge is -2.18. The van der Waals surface area contributed by atoms with Crippen molar-refractivity contribution in [3.63, 3.8) is 0 Å². The molecule has 0 N–H and O–H groups in total. The molecule has 0 heterocycles. The molecule has 0 aliphatic heterocycles. The van der Waals surface area contributed by atoms with E-state index >= 15 is 0 Å². The fourth-order valence-corrected chi connectivity index (χ4v) is 1.85. The summed E-state index contributed by atoms with van der Waals surface area (Å²) in [7, 11) is 3.51. The lowest BCUT2D eigenvalue weighted by molar-refractivity contribution is 0.102. The average molecular weight is 301 g/mol. The number of hydrogen-bond acceptors (Lipinski definition) is 5. The number of carbonyl (C=O) groups is 1. The molecule has 2 aromatic carbocycles. The highest BCUT2D eigenvalue weighted by Crippen LogP contribution is 2.17. The Balaban J connectivity index is 1.73. The Morgan fingerprint density at radius 3 is 2.27 bits per heavy atom. The minimum Gasteiger partial charge on any atom is -0.497 e. The summed E-state index contributed by atoms with van der Waals surface area (Å²) in [6.07, 6.45) is -0.716. The lowest BCUT2D eigenvalue weighted by atomic mass is 10.3. The summed E-state index contributed by atoms with van der Waals surface area (Å²) in [5.74, 6) is 1.12. The molecular formula is C17H19NO4. The largest absolute Gasteiger partial charge is 0.513 e. The van der Waals surface area contributed by atoms with Gasteiger partial charge in [0, 0.05) is 12.7 Å². The third-order valence-corrected chi connectivity index (χ3v) is 3.10. The van der Waals surface area contributed by atoms with Gasteiger partial charge in [0.1, 0.15) is 18.1 Å². The molecule has 116 valence electrons. The van der Waals surface area contributed by atoms with Crippen LogP contribution in [0.25, 0.3) is 0 Å². The van der Waals surface area contributed by atoms with Crippen molar-refractivity contribution < 1.29 is 19.0 Å². The number of ether oxygens (including phenoxy) is 3. The normalized spacial score (nSPS) is 9.91. The van der Waals surface area contributed by atoms with E-state index in [-0.39, 0.29) is 6.61 Å². The topological polar surface area (TPSA) is 48.0 Å². The first kappa shape index (κ1) is 15.7. The van der Waals surface area contributed by atoms with Gasteiger partial charge in [0.25, 0.3) is 0 Å². The number of likely N-dealkylation sites (N-methyl/N-ethyl adjacent to an activating group) is 1. The van der Waals surface area contributed by atoms with E-state index in [1.165, 1.54) is 0 Å². The van der Waals surface area contributed by atoms with Crippen LogP contribution in [0.3, 0.4) is 0 Å². The molecule has 2 aromatic rings. The Morgan fingerprint density at radius 2 is 1.64 bits per heavy atom. The molecule has 0 aromatic heterocycles. The maximum atomic E-state index is 11.6. The highest BCUT2D eigenvalue weighted by molar-refractivity contribution is 5.63. The number of para-hydroxylation sites is 1. The van der Waals surface area contributed by atoms with Gasteiger partial charge in [-0.15, -0.1) is 0 Å². The molecule has 0 radical (unpaired) electrons. The van der Waals surface area contributed by atoms with Crippen molar-refractivity contribution in [2.24, 2.45) is 0 Å². The van der Waals surface area contributed by atoms with E-state index in [0.29, 0.717) is 18.0 Å². The summed E-state index contributed by atoms with van der Waals surface area (Å²) in [5.41, 5.74) is 1.06. The van der Waals surface area contributed by atoms with Crippen LogP contribution in [0.1, 0.15) is 0 Å². The Hall–Kier alpha value is -2.69. The van der Waals surface area contributed by atoms with Gasteiger partial charge in [-0.2, -0.15) is 0 Å². The number of methoxy groups -OCH3 is 1. The molecule has 0 fully saturated rings. The summed E-state index contributed by atoms with van der Waals surface area (Å²) < 4.78 is 15.2. The zero-order chi connectivity index (χ0) is 15.8. The monoisotopic (exact) mass is 301 g/mol.